The molecule has 0 spiro atoms. The molecule has 0 aromatic rings. The Labute approximate surface area is 543 Å². The zero-order chi connectivity index (χ0) is 70.4. The standard InChI is InChI=1S/C66H114N12O13/c1-25-47-62(86)72(18)36-52(80)73(19)48(32-37(2)3)59(83)71-53(41(10)11)65(89)74(20)49(33-38(4)5)58(82)68-44(15)57(81)69-45(16)61(85)75(21)50(34-39(6)7)63(87)76(22)51(35-40(8)9)64(88)77(23)54(42(12)13)66(90)78(24)55(60(84)70-47)56(91-46(17)79)43(14)30-28-26-27-29-31-67/h26,28,37-45,47-51,53-56H,25,27,29-30,32-36H2,1-24H3,(H,68,82)(H,69,81)(H,70,84)(H,71,83)/b28-26+/t43-,44-,45+,47-,48+,49-,50+,51-,53-,54-,55+,56-/m1/s1. The summed E-state index contributed by atoms with van der Waals surface area (Å²) < 4.78 is 5.96. The number of amides is 11. The van der Waals surface area contributed by atoms with Gasteiger partial charge in [-0.2, -0.15) is 5.26 Å². The summed E-state index contributed by atoms with van der Waals surface area (Å²) in [4.78, 5) is 183. The highest BCUT2D eigenvalue weighted by Crippen LogP contribution is 2.27. The van der Waals surface area contributed by atoms with Crippen LogP contribution in [0.2, 0.25) is 0 Å². The number of rotatable bonds is 18. The Morgan fingerprint density at radius 1 is 0.516 bits per heavy atom. The summed E-state index contributed by atoms with van der Waals surface area (Å²) >= 11 is 0. The van der Waals surface area contributed by atoms with Crippen molar-refractivity contribution < 1.29 is 62.3 Å². The summed E-state index contributed by atoms with van der Waals surface area (Å²) in [5.41, 5.74) is 0. The number of hydrogen-bond acceptors (Lipinski definition) is 14. The Bertz CT molecular complexity index is 2580. The molecule has 0 unspecified atom stereocenters. The third-order valence-corrected chi connectivity index (χ3v) is 16.7. The molecule has 0 bridgehead atoms. The topological polar surface area (TPSA) is 309 Å². The lowest BCUT2D eigenvalue weighted by atomic mass is 9.91. The fourth-order valence-electron chi connectivity index (χ4n) is 11.3. The monoisotopic (exact) mass is 1280 g/mol. The predicted molar refractivity (Wildman–Crippen MR) is 347 cm³/mol. The van der Waals surface area contributed by atoms with Gasteiger partial charge < -0.3 is 60.3 Å². The van der Waals surface area contributed by atoms with E-state index in [9.17, 15) is 38.4 Å². The van der Waals surface area contributed by atoms with Crippen LogP contribution in [0.25, 0.3) is 0 Å². The second-order valence-electron chi connectivity index (χ2n) is 27.3. The summed E-state index contributed by atoms with van der Waals surface area (Å²) in [6.07, 6.45) is 3.52. The molecule has 4 N–H and O–H groups in total. The molecule has 0 aliphatic carbocycles. The Kier molecular flexibility index (Phi) is 34.2. The average molecular weight is 1280 g/mol. The molecule has 12 atom stereocenters. The quantitative estimate of drug-likeness (QED) is 0.0853. The molecule has 0 radical (unpaired) electrons. The minimum Gasteiger partial charge on any atom is -0.459 e. The van der Waals surface area contributed by atoms with Crippen LogP contribution in [0.1, 0.15) is 169 Å². The number of carbonyl (C=O) groups excluding carboxylic acids is 12. The number of esters is 1. The smallest absolute Gasteiger partial charge is 0.303 e. The van der Waals surface area contributed by atoms with Crippen LogP contribution in [0, 0.1) is 52.8 Å². The number of carbonyl (C=O) groups is 12. The maximum absolute atomic E-state index is 15.5. The van der Waals surface area contributed by atoms with Gasteiger partial charge >= 0.3 is 5.97 Å². The van der Waals surface area contributed by atoms with E-state index in [1.54, 1.807) is 53.7 Å². The van der Waals surface area contributed by atoms with Gasteiger partial charge in [0.05, 0.1) is 12.6 Å². The molecule has 1 aliphatic rings. The number of nitrogens with one attached hydrogen (secondary N) is 4. The van der Waals surface area contributed by atoms with Crippen LogP contribution in [0.4, 0.5) is 0 Å². The molecule has 11 amide bonds. The van der Waals surface area contributed by atoms with Crippen LogP contribution >= 0.6 is 0 Å². The van der Waals surface area contributed by atoms with Crippen molar-refractivity contribution in [3.05, 3.63) is 12.2 Å². The zero-order valence-electron chi connectivity index (χ0n) is 59.3. The van der Waals surface area contributed by atoms with Gasteiger partial charge in [0.15, 0.2) is 0 Å². The van der Waals surface area contributed by atoms with E-state index in [1.807, 2.05) is 55.4 Å². The zero-order valence-corrected chi connectivity index (χ0v) is 59.3. The minimum atomic E-state index is -1.66. The molecule has 516 valence electrons. The maximum Gasteiger partial charge on any atom is 0.303 e. The summed E-state index contributed by atoms with van der Waals surface area (Å²) in [6, 6.07) is -10.6. The Balaban J connectivity index is 4.47. The molecule has 1 saturated heterocycles. The van der Waals surface area contributed by atoms with Crippen molar-refractivity contribution in [1.82, 2.24) is 55.6 Å². The van der Waals surface area contributed by atoms with Gasteiger partial charge in [-0.05, 0) is 100 Å². The molecular weight excluding hydrogens is 1170 g/mol. The highest BCUT2D eigenvalue weighted by Gasteiger charge is 2.47. The van der Waals surface area contributed by atoms with Crippen molar-refractivity contribution in [3.63, 3.8) is 0 Å². The SMILES string of the molecule is CC[C@H]1NC(=O)[C@H]([C@H](OC(C)=O)[C@H](C)C/C=C/CCC#N)N(C)C(=O)[C@@H](C(C)C)N(C)C(=O)[C@@H](CC(C)C)N(C)C(=O)[C@H](CC(C)C)N(C)C(=O)[C@H](C)NC(=O)[C@@H](C)NC(=O)[C@@H](CC(C)C)N(C)C(=O)[C@@H](C(C)C)NC(=O)[C@H](CC(C)C)N(C)C(=O)CN(C)C1=O. The fraction of sp³-hybridized carbons (Fsp3) is 0.773. The summed E-state index contributed by atoms with van der Waals surface area (Å²) in [5, 5.41) is 20.2. The van der Waals surface area contributed by atoms with Crippen LogP contribution in [0.3, 0.4) is 0 Å². The van der Waals surface area contributed by atoms with Gasteiger partial charge in [-0.15, -0.1) is 0 Å². The predicted octanol–water partition coefficient (Wildman–Crippen LogP) is 4.12. The van der Waals surface area contributed by atoms with Crippen LogP contribution in [0.5, 0.6) is 0 Å². The van der Waals surface area contributed by atoms with E-state index >= 15 is 19.2 Å². The molecule has 25 heteroatoms. The molecule has 0 aromatic carbocycles. The third-order valence-electron chi connectivity index (χ3n) is 16.7. The first kappa shape index (κ1) is 81.9. The van der Waals surface area contributed by atoms with Crippen LogP contribution < -0.4 is 21.3 Å². The second-order valence-corrected chi connectivity index (χ2v) is 27.3. The van der Waals surface area contributed by atoms with Crippen molar-refractivity contribution in [2.45, 2.75) is 236 Å². The molecule has 91 heavy (non-hydrogen) atoms. The van der Waals surface area contributed by atoms with E-state index in [0.717, 1.165) is 16.7 Å². The summed E-state index contributed by atoms with van der Waals surface area (Å²) in [5.74, 6) is -11.1. The van der Waals surface area contributed by atoms with Crippen molar-refractivity contribution in [3.8, 4) is 6.07 Å². The summed E-state index contributed by atoms with van der Waals surface area (Å²) in [6.45, 7) is 28.4. The molecule has 0 saturated carbocycles. The Hall–Kier alpha value is -7.13. The van der Waals surface area contributed by atoms with E-state index < -0.39 is 162 Å². The van der Waals surface area contributed by atoms with E-state index in [-0.39, 0.29) is 68.6 Å². The minimum absolute atomic E-state index is 0.0275. The van der Waals surface area contributed by atoms with Crippen molar-refractivity contribution in [2.24, 2.45) is 41.4 Å². The number of unbranched alkanes of at least 4 members (excludes halogenated alkanes) is 1. The van der Waals surface area contributed by atoms with E-state index in [1.165, 1.54) is 87.7 Å². The normalized spacial score (nSPS) is 25.7. The number of hydrogen-bond donors (Lipinski definition) is 4. The average Bonchev–Trinajstić information content (AvgIpc) is 1.46. The molecule has 1 heterocycles. The van der Waals surface area contributed by atoms with Gasteiger partial charge in [0.1, 0.15) is 66.5 Å². The molecule has 1 fully saturated rings. The van der Waals surface area contributed by atoms with Gasteiger partial charge in [0.25, 0.3) is 0 Å². The van der Waals surface area contributed by atoms with Crippen molar-refractivity contribution in [1.29, 1.82) is 5.26 Å². The van der Waals surface area contributed by atoms with Gasteiger partial charge in [0.2, 0.25) is 65.0 Å². The second kappa shape index (κ2) is 38.0. The largest absolute Gasteiger partial charge is 0.459 e. The molecule has 0 aromatic heterocycles. The number of ether oxygens (including phenoxy) is 1. The van der Waals surface area contributed by atoms with Gasteiger partial charge in [-0.25, -0.2) is 0 Å². The molecular formula is C66H114N12O13. The fourth-order valence-corrected chi connectivity index (χ4v) is 11.3. The number of nitrogens with zero attached hydrogens (tertiary/aromatic N) is 8. The lowest BCUT2D eigenvalue weighted by molar-refractivity contribution is -0.164. The van der Waals surface area contributed by atoms with Crippen molar-refractivity contribution >= 4 is 70.9 Å². The third kappa shape index (κ3) is 24.1. The van der Waals surface area contributed by atoms with Crippen LogP contribution in [-0.2, 0) is 62.3 Å². The number of likely N-dealkylation sites (N-methyl/N-ethyl adjacent to an activating group) is 7. The lowest BCUT2D eigenvalue weighted by Crippen LogP contribution is -2.64. The van der Waals surface area contributed by atoms with Gasteiger partial charge in [-0.3, -0.25) is 57.5 Å². The highest BCUT2D eigenvalue weighted by molar-refractivity contribution is 5.99. The molecule has 1 aliphatic heterocycles. The van der Waals surface area contributed by atoms with Gasteiger partial charge in [-0.1, -0.05) is 109 Å². The lowest BCUT2D eigenvalue weighted by Gasteiger charge is -2.42. The Morgan fingerprint density at radius 2 is 0.956 bits per heavy atom. The number of nitriles is 1. The maximum atomic E-state index is 15.5. The van der Waals surface area contributed by atoms with Crippen LogP contribution in [0.15, 0.2) is 12.2 Å². The number of allylic oxidation sites excluding steroid dienone is 2. The first-order valence-corrected chi connectivity index (χ1v) is 32.4. The first-order valence-electron chi connectivity index (χ1n) is 32.4. The summed E-state index contributed by atoms with van der Waals surface area (Å²) in [7, 11) is 9.81. The highest BCUT2D eigenvalue weighted by atomic mass is 16.5. The molecule has 25 nitrogen and oxygen atoms in total. The molecule has 1 rings (SSSR count). The van der Waals surface area contributed by atoms with E-state index in [2.05, 4.69) is 27.3 Å². The van der Waals surface area contributed by atoms with E-state index in [4.69, 9.17) is 10.00 Å². The van der Waals surface area contributed by atoms with Crippen molar-refractivity contribution in [2.75, 3.05) is 55.9 Å². The first-order chi connectivity index (χ1) is 42.1. The van der Waals surface area contributed by atoms with Crippen LogP contribution in [-0.4, -0.2) is 228 Å². The van der Waals surface area contributed by atoms with Gasteiger partial charge in [0, 0.05) is 62.7 Å². The Morgan fingerprint density at radius 3 is 1.42 bits per heavy atom. The van der Waals surface area contributed by atoms with E-state index in [0.29, 0.717) is 6.42 Å².